The molecule has 0 radical (unpaired) electrons. The van der Waals surface area contributed by atoms with E-state index in [0.29, 0.717) is 43.3 Å². The van der Waals surface area contributed by atoms with Gasteiger partial charge < -0.3 is 19.1 Å². The van der Waals surface area contributed by atoms with Crippen molar-refractivity contribution in [2.24, 2.45) is 4.99 Å². The highest BCUT2D eigenvalue weighted by atomic mass is 16.6. The molecule has 1 aliphatic carbocycles. The number of aryl methyl sites for hydroxylation is 2. The van der Waals surface area contributed by atoms with Crippen LogP contribution < -0.4 is 10.1 Å². The first-order valence-electron chi connectivity index (χ1n) is 15.7. The minimum atomic E-state index is -0.795. The number of rotatable bonds is 5. The van der Waals surface area contributed by atoms with Gasteiger partial charge in [0.2, 0.25) is 5.96 Å². The molecule has 0 atom stereocenters. The van der Waals surface area contributed by atoms with Gasteiger partial charge in [0.1, 0.15) is 22.6 Å². The zero-order chi connectivity index (χ0) is 33.2. The highest BCUT2D eigenvalue weighted by molar-refractivity contribution is 5.99. The average Bonchev–Trinajstić information content (AvgIpc) is 3.68. The third-order valence-corrected chi connectivity index (χ3v) is 7.28. The van der Waals surface area contributed by atoms with Crippen LogP contribution in [0.3, 0.4) is 0 Å². The fraction of sp³-hybridized carbons (Fsp3) is 0.545. The molecule has 5 rings (SSSR count). The van der Waals surface area contributed by atoms with Crippen LogP contribution in [-0.4, -0.2) is 72.3 Å². The van der Waals surface area contributed by atoms with Crippen molar-refractivity contribution >= 4 is 18.1 Å². The van der Waals surface area contributed by atoms with E-state index < -0.39 is 23.4 Å². The SMILES string of the molecule is Cc1cc(C)cc(Oc2nccc(-c3c(C4CC4)nnn3C3CCN(/C(=N\C(=O)OC(C)(C)C)NC(=O)OC(C)(C)C)CC3)n2)c1. The van der Waals surface area contributed by atoms with Gasteiger partial charge in [0.15, 0.2) is 0 Å². The molecule has 13 heteroatoms. The third-order valence-electron chi connectivity index (χ3n) is 7.28. The molecule has 0 spiro atoms. The Bertz CT molecular complexity index is 1590. The third kappa shape index (κ3) is 8.79. The Morgan fingerprint density at radius 2 is 1.59 bits per heavy atom. The monoisotopic (exact) mass is 632 g/mol. The number of aromatic nitrogens is 5. The van der Waals surface area contributed by atoms with Gasteiger partial charge in [-0.15, -0.1) is 10.1 Å². The lowest BCUT2D eigenvalue weighted by atomic mass is 10.0. The normalized spacial score (nSPS) is 16.3. The summed E-state index contributed by atoms with van der Waals surface area (Å²) in [5.41, 5.74) is 3.22. The summed E-state index contributed by atoms with van der Waals surface area (Å²) in [5.74, 6) is 1.11. The van der Waals surface area contributed by atoms with Crippen molar-refractivity contribution in [1.29, 1.82) is 0 Å². The van der Waals surface area contributed by atoms with E-state index in [2.05, 4.69) is 31.7 Å². The van der Waals surface area contributed by atoms with Gasteiger partial charge in [-0.25, -0.2) is 19.3 Å². The Morgan fingerprint density at radius 1 is 0.935 bits per heavy atom. The summed E-state index contributed by atoms with van der Waals surface area (Å²) in [6.45, 7) is 15.6. The first-order valence-corrected chi connectivity index (χ1v) is 15.7. The smallest absolute Gasteiger partial charge is 0.437 e. The van der Waals surface area contributed by atoms with Crippen molar-refractivity contribution in [3.8, 4) is 23.1 Å². The zero-order valence-corrected chi connectivity index (χ0v) is 28.0. The fourth-order valence-electron chi connectivity index (χ4n) is 5.33. The van der Waals surface area contributed by atoms with Crippen molar-refractivity contribution in [3.63, 3.8) is 0 Å². The van der Waals surface area contributed by atoms with Gasteiger partial charge in [-0.2, -0.15) is 4.98 Å². The number of benzene rings is 1. The number of hydrogen-bond acceptors (Lipinski definition) is 9. The standard InChI is InChI=1S/C33H44N8O5/c1-20-17-21(2)19-24(18-20)44-29-34-14-11-25(35-29)27-26(22-9-10-22)38-39-41(27)23-12-15-40(16-13-23)28(36-30(42)45-32(3,4)5)37-31(43)46-33(6,7)8/h11,14,17-19,22-23H,9-10,12-13,15-16H2,1-8H3,(H,36,37,42,43). The molecule has 2 aliphatic rings. The maximum absolute atomic E-state index is 12.7. The first-order chi connectivity index (χ1) is 21.6. The molecular formula is C33H44N8O5. The maximum atomic E-state index is 12.7. The average molecular weight is 633 g/mol. The molecule has 0 bridgehead atoms. The van der Waals surface area contributed by atoms with Crippen LogP contribution in [-0.2, 0) is 9.47 Å². The molecule has 2 aromatic heterocycles. The Balaban J connectivity index is 1.36. The molecule has 1 N–H and O–H groups in total. The predicted molar refractivity (Wildman–Crippen MR) is 172 cm³/mol. The minimum absolute atomic E-state index is 0.00527. The van der Waals surface area contributed by atoms with E-state index in [0.717, 1.165) is 35.4 Å². The number of nitrogens with one attached hydrogen (secondary N) is 1. The van der Waals surface area contributed by atoms with Gasteiger partial charge in [0, 0.05) is 25.2 Å². The van der Waals surface area contributed by atoms with E-state index in [1.165, 1.54) is 0 Å². The number of piperidine rings is 1. The van der Waals surface area contributed by atoms with Crippen LogP contribution in [0, 0.1) is 13.8 Å². The van der Waals surface area contributed by atoms with Crippen LogP contribution in [0.1, 0.15) is 96.0 Å². The second-order valence-electron chi connectivity index (χ2n) is 14.0. The molecule has 46 heavy (non-hydrogen) atoms. The van der Waals surface area contributed by atoms with Crippen LogP contribution in [0.25, 0.3) is 11.4 Å². The van der Waals surface area contributed by atoms with E-state index in [9.17, 15) is 9.59 Å². The summed E-state index contributed by atoms with van der Waals surface area (Å²) >= 11 is 0. The van der Waals surface area contributed by atoms with Crippen LogP contribution in [0.15, 0.2) is 35.5 Å². The van der Waals surface area contributed by atoms with Gasteiger partial charge in [-0.05, 0) is 110 Å². The molecular weight excluding hydrogens is 588 g/mol. The van der Waals surface area contributed by atoms with Crippen LogP contribution in [0.5, 0.6) is 11.8 Å². The Morgan fingerprint density at radius 3 is 2.20 bits per heavy atom. The number of aliphatic imine (C=N–C) groups is 1. The van der Waals surface area contributed by atoms with E-state index in [4.69, 9.17) is 19.2 Å². The molecule has 3 heterocycles. The Labute approximate surface area is 269 Å². The van der Waals surface area contributed by atoms with E-state index >= 15 is 0 Å². The largest absolute Gasteiger partial charge is 0.444 e. The molecule has 13 nitrogen and oxygen atoms in total. The highest BCUT2D eigenvalue weighted by Crippen LogP contribution is 2.44. The molecule has 3 aromatic rings. The number of carbonyl (C=O) groups is 2. The van der Waals surface area contributed by atoms with Crippen LogP contribution in [0.2, 0.25) is 0 Å². The number of carbonyl (C=O) groups excluding carboxylic acids is 2. The topological polar surface area (TPSA) is 146 Å². The van der Waals surface area contributed by atoms with Gasteiger partial charge in [-0.3, -0.25) is 5.32 Å². The summed E-state index contributed by atoms with van der Waals surface area (Å²) in [6.07, 6.45) is 3.62. The van der Waals surface area contributed by atoms with Crippen molar-refractivity contribution < 1.29 is 23.8 Å². The Kier molecular flexibility index (Phi) is 9.32. The number of nitrogens with zero attached hydrogens (tertiary/aromatic N) is 7. The summed E-state index contributed by atoms with van der Waals surface area (Å²) in [4.78, 5) is 40.4. The molecule has 1 aliphatic heterocycles. The summed E-state index contributed by atoms with van der Waals surface area (Å²) in [5, 5.41) is 11.9. The van der Waals surface area contributed by atoms with E-state index in [1.807, 2.05) is 41.6 Å². The van der Waals surface area contributed by atoms with Crippen molar-refractivity contribution in [3.05, 3.63) is 47.3 Å². The lowest BCUT2D eigenvalue weighted by molar-refractivity contribution is 0.0552. The first kappa shape index (κ1) is 32.8. The second kappa shape index (κ2) is 13.1. The Hall–Kier alpha value is -4.55. The highest BCUT2D eigenvalue weighted by Gasteiger charge is 2.35. The fourth-order valence-corrected chi connectivity index (χ4v) is 5.33. The summed E-state index contributed by atoms with van der Waals surface area (Å²) in [6, 6.07) is 8.10. The lowest BCUT2D eigenvalue weighted by Gasteiger charge is -2.34. The van der Waals surface area contributed by atoms with Crippen molar-refractivity contribution in [1.82, 2.24) is 35.2 Å². The second-order valence-corrected chi connectivity index (χ2v) is 14.0. The summed E-state index contributed by atoms with van der Waals surface area (Å²) < 4.78 is 18.9. The molecule has 1 saturated carbocycles. The lowest BCUT2D eigenvalue weighted by Crippen LogP contribution is -2.49. The van der Waals surface area contributed by atoms with Crippen LogP contribution in [0.4, 0.5) is 9.59 Å². The molecule has 1 aromatic carbocycles. The molecule has 246 valence electrons. The molecule has 0 unspecified atom stereocenters. The zero-order valence-electron chi connectivity index (χ0n) is 28.0. The maximum Gasteiger partial charge on any atom is 0.437 e. The van der Waals surface area contributed by atoms with E-state index in [1.54, 1.807) is 47.7 Å². The number of amides is 2. The predicted octanol–water partition coefficient (Wildman–Crippen LogP) is 6.47. The summed E-state index contributed by atoms with van der Waals surface area (Å²) in [7, 11) is 0. The molecule has 2 fully saturated rings. The molecule has 2 amide bonds. The van der Waals surface area contributed by atoms with E-state index in [-0.39, 0.29) is 18.0 Å². The molecule has 1 saturated heterocycles. The number of likely N-dealkylation sites (tertiary alicyclic amines) is 1. The quantitative estimate of drug-likeness (QED) is 0.245. The number of guanidine groups is 1. The number of alkyl carbamates (subject to hydrolysis) is 1. The van der Waals surface area contributed by atoms with Crippen LogP contribution >= 0.6 is 0 Å². The van der Waals surface area contributed by atoms with Crippen molar-refractivity contribution in [2.75, 3.05) is 13.1 Å². The van der Waals surface area contributed by atoms with Gasteiger partial charge in [0.05, 0.1) is 17.4 Å². The number of hydrogen-bond donors (Lipinski definition) is 1. The van der Waals surface area contributed by atoms with Gasteiger partial charge in [0.25, 0.3) is 0 Å². The van der Waals surface area contributed by atoms with Gasteiger partial charge in [-0.1, -0.05) is 11.3 Å². The number of ether oxygens (including phenoxy) is 3. The van der Waals surface area contributed by atoms with Crippen molar-refractivity contribution in [2.45, 2.75) is 104 Å². The van der Waals surface area contributed by atoms with Gasteiger partial charge >= 0.3 is 18.2 Å². The minimum Gasteiger partial charge on any atom is -0.444 e.